The van der Waals surface area contributed by atoms with Crippen LogP contribution in [0.3, 0.4) is 0 Å². The van der Waals surface area contributed by atoms with Crippen molar-refractivity contribution in [2.45, 2.75) is 37.5 Å². The SMILES string of the molecule is OCC(Cl)C1CCCCC1. The lowest BCUT2D eigenvalue weighted by atomic mass is 9.87. The molecule has 10 heavy (non-hydrogen) atoms. The zero-order chi connectivity index (χ0) is 7.40. The van der Waals surface area contributed by atoms with Crippen molar-refractivity contribution in [3.05, 3.63) is 0 Å². The second kappa shape index (κ2) is 4.20. The molecule has 1 fully saturated rings. The number of halogens is 1. The van der Waals surface area contributed by atoms with Crippen LogP contribution in [0.4, 0.5) is 0 Å². The molecule has 0 saturated heterocycles. The molecular weight excluding hydrogens is 148 g/mol. The Morgan fingerprint density at radius 1 is 1.30 bits per heavy atom. The molecule has 60 valence electrons. The zero-order valence-corrected chi connectivity index (χ0v) is 6.98. The molecule has 0 aromatic rings. The first-order valence-corrected chi connectivity index (χ1v) is 4.53. The highest BCUT2D eigenvalue weighted by Gasteiger charge is 2.20. The van der Waals surface area contributed by atoms with Crippen molar-refractivity contribution in [3.8, 4) is 0 Å². The zero-order valence-electron chi connectivity index (χ0n) is 6.22. The highest BCUT2D eigenvalue weighted by Crippen LogP contribution is 2.28. The second-order valence-electron chi connectivity index (χ2n) is 3.10. The van der Waals surface area contributed by atoms with Gasteiger partial charge in [-0.25, -0.2) is 0 Å². The summed E-state index contributed by atoms with van der Waals surface area (Å²) in [5.41, 5.74) is 0. The van der Waals surface area contributed by atoms with Gasteiger partial charge in [0.1, 0.15) is 0 Å². The van der Waals surface area contributed by atoms with Crippen LogP contribution in [0.5, 0.6) is 0 Å². The predicted molar refractivity (Wildman–Crippen MR) is 43.3 cm³/mol. The maximum Gasteiger partial charge on any atom is 0.0597 e. The Labute approximate surface area is 67.4 Å². The number of rotatable bonds is 2. The van der Waals surface area contributed by atoms with E-state index in [4.69, 9.17) is 16.7 Å². The summed E-state index contributed by atoms with van der Waals surface area (Å²) in [4.78, 5) is 0. The van der Waals surface area contributed by atoms with Gasteiger partial charge in [0, 0.05) is 0 Å². The first-order chi connectivity index (χ1) is 4.84. The number of aliphatic hydroxyl groups excluding tert-OH is 1. The molecule has 0 aromatic carbocycles. The van der Waals surface area contributed by atoms with Crippen molar-refractivity contribution in [1.82, 2.24) is 0 Å². The Morgan fingerprint density at radius 3 is 2.40 bits per heavy atom. The quantitative estimate of drug-likeness (QED) is 0.618. The molecule has 0 aromatic heterocycles. The topological polar surface area (TPSA) is 20.2 Å². The molecule has 0 radical (unpaired) electrons. The Morgan fingerprint density at radius 2 is 1.90 bits per heavy atom. The minimum absolute atomic E-state index is 0.0142. The lowest BCUT2D eigenvalue weighted by Crippen LogP contribution is -2.21. The van der Waals surface area contributed by atoms with Crippen molar-refractivity contribution in [2.24, 2.45) is 5.92 Å². The first-order valence-electron chi connectivity index (χ1n) is 4.09. The molecular formula is C8H15ClO. The van der Waals surface area contributed by atoms with Crippen molar-refractivity contribution < 1.29 is 5.11 Å². The minimum atomic E-state index is 0.0142. The van der Waals surface area contributed by atoms with Crippen LogP contribution in [0.2, 0.25) is 0 Å². The summed E-state index contributed by atoms with van der Waals surface area (Å²) in [6.45, 7) is 0.145. The average Bonchev–Trinajstić information content (AvgIpc) is 2.05. The van der Waals surface area contributed by atoms with Gasteiger partial charge in [-0.05, 0) is 18.8 Å². The van der Waals surface area contributed by atoms with E-state index in [0.717, 1.165) is 0 Å². The Bertz CT molecular complexity index is 89.3. The van der Waals surface area contributed by atoms with Gasteiger partial charge in [0.25, 0.3) is 0 Å². The van der Waals surface area contributed by atoms with Gasteiger partial charge in [-0.3, -0.25) is 0 Å². The summed E-state index contributed by atoms with van der Waals surface area (Å²) in [7, 11) is 0. The van der Waals surface area contributed by atoms with E-state index in [9.17, 15) is 0 Å². The van der Waals surface area contributed by atoms with E-state index in [1.165, 1.54) is 32.1 Å². The summed E-state index contributed by atoms with van der Waals surface area (Å²) in [5.74, 6) is 0.584. The first kappa shape index (κ1) is 8.35. The Kier molecular flexibility index (Phi) is 3.50. The molecule has 1 saturated carbocycles. The predicted octanol–water partition coefficient (Wildman–Crippen LogP) is 2.17. The molecule has 1 atom stereocenters. The molecule has 1 unspecified atom stereocenters. The fourth-order valence-corrected chi connectivity index (χ4v) is 1.90. The molecule has 1 aliphatic carbocycles. The second-order valence-corrected chi connectivity index (χ2v) is 3.66. The van der Waals surface area contributed by atoms with Crippen LogP contribution >= 0.6 is 11.6 Å². The largest absolute Gasteiger partial charge is 0.395 e. The van der Waals surface area contributed by atoms with Crippen LogP contribution in [0.15, 0.2) is 0 Å². The highest BCUT2D eigenvalue weighted by molar-refractivity contribution is 6.20. The minimum Gasteiger partial charge on any atom is -0.395 e. The van der Waals surface area contributed by atoms with Crippen LogP contribution in [0.1, 0.15) is 32.1 Å². The third-order valence-electron chi connectivity index (χ3n) is 2.34. The summed E-state index contributed by atoms with van der Waals surface area (Å²) in [5, 5.41) is 8.77. The van der Waals surface area contributed by atoms with Crippen molar-refractivity contribution in [1.29, 1.82) is 0 Å². The molecule has 2 heteroatoms. The van der Waals surface area contributed by atoms with Gasteiger partial charge in [-0.1, -0.05) is 19.3 Å². The molecule has 0 aliphatic heterocycles. The van der Waals surface area contributed by atoms with Crippen molar-refractivity contribution in [3.63, 3.8) is 0 Å². The number of alkyl halides is 1. The molecule has 0 heterocycles. The van der Waals surface area contributed by atoms with E-state index in [0.29, 0.717) is 5.92 Å². The van der Waals surface area contributed by atoms with Crippen molar-refractivity contribution >= 4 is 11.6 Å². The normalized spacial score (nSPS) is 24.6. The van der Waals surface area contributed by atoms with Crippen LogP contribution in [-0.4, -0.2) is 17.1 Å². The summed E-state index contributed by atoms with van der Waals surface area (Å²) >= 11 is 5.89. The van der Waals surface area contributed by atoms with Gasteiger partial charge in [-0.2, -0.15) is 0 Å². The number of hydrogen-bond donors (Lipinski definition) is 1. The highest BCUT2D eigenvalue weighted by atomic mass is 35.5. The van der Waals surface area contributed by atoms with Crippen LogP contribution in [-0.2, 0) is 0 Å². The van der Waals surface area contributed by atoms with Gasteiger partial charge in [0.2, 0.25) is 0 Å². The fraction of sp³-hybridized carbons (Fsp3) is 1.00. The van der Waals surface area contributed by atoms with Gasteiger partial charge < -0.3 is 5.11 Å². The fourth-order valence-electron chi connectivity index (χ4n) is 1.64. The Hall–Kier alpha value is 0.250. The Balaban J connectivity index is 2.24. The smallest absolute Gasteiger partial charge is 0.0597 e. The lowest BCUT2D eigenvalue weighted by molar-refractivity contribution is 0.235. The average molecular weight is 163 g/mol. The monoisotopic (exact) mass is 162 g/mol. The van der Waals surface area contributed by atoms with E-state index < -0.39 is 0 Å². The molecule has 1 N–H and O–H groups in total. The van der Waals surface area contributed by atoms with E-state index in [2.05, 4.69) is 0 Å². The maximum absolute atomic E-state index is 8.76. The van der Waals surface area contributed by atoms with E-state index in [-0.39, 0.29) is 12.0 Å². The molecule has 0 spiro atoms. The third-order valence-corrected chi connectivity index (χ3v) is 2.83. The molecule has 1 nitrogen and oxygen atoms in total. The van der Waals surface area contributed by atoms with E-state index in [1.54, 1.807) is 0 Å². The van der Waals surface area contributed by atoms with Gasteiger partial charge in [0.05, 0.1) is 12.0 Å². The van der Waals surface area contributed by atoms with E-state index >= 15 is 0 Å². The van der Waals surface area contributed by atoms with Crippen LogP contribution in [0.25, 0.3) is 0 Å². The molecule has 1 rings (SSSR count). The molecule has 0 amide bonds. The van der Waals surface area contributed by atoms with Crippen LogP contribution < -0.4 is 0 Å². The third kappa shape index (κ3) is 2.14. The van der Waals surface area contributed by atoms with Crippen LogP contribution in [0, 0.1) is 5.92 Å². The summed E-state index contributed by atoms with van der Waals surface area (Å²) in [6.07, 6.45) is 6.39. The van der Waals surface area contributed by atoms with E-state index in [1.807, 2.05) is 0 Å². The maximum atomic E-state index is 8.76. The van der Waals surface area contributed by atoms with Crippen molar-refractivity contribution in [2.75, 3.05) is 6.61 Å². The molecule has 0 bridgehead atoms. The lowest BCUT2D eigenvalue weighted by Gasteiger charge is -2.24. The van der Waals surface area contributed by atoms with Gasteiger partial charge >= 0.3 is 0 Å². The molecule has 1 aliphatic rings. The van der Waals surface area contributed by atoms with Gasteiger partial charge in [0.15, 0.2) is 0 Å². The van der Waals surface area contributed by atoms with Gasteiger partial charge in [-0.15, -0.1) is 11.6 Å². The number of aliphatic hydroxyl groups is 1. The summed E-state index contributed by atoms with van der Waals surface area (Å²) in [6, 6.07) is 0. The summed E-state index contributed by atoms with van der Waals surface area (Å²) < 4.78 is 0. The standard InChI is InChI=1S/C8H15ClO/c9-8(6-10)7-4-2-1-3-5-7/h7-8,10H,1-6H2. The number of hydrogen-bond acceptors (Lipinski definition) is 1.